The third kappa shape index (κ3) is 2.15. The Morgan fingerprint density at radius 2 is 1.73 bits per heavy atom. The summed E-state index contributed by atoms with van der Waals surface area (Å²) in [5.41, 5.74) is 0. The standard InChI is InChI=1S/C6H13NO3S/c8-6-11(9,10)7-4-2-1-3-5-7/h8H,1-6H2. The Kier molecular flexibility index (Phi) is 2.86. The first-order valence-electron chi connectivity index (χ1n) is 3.75. The number of nitrogens with zero attached hydrogens (tertiary/aromatic N) is 1. The molecule has 66 valence electrons. The third-order valence-electron chi connectivity index (χ3n) is 1.87. The Bertz CT molecular complexity index is 206. The Morgan fingerprint density at radius 3 is 2.18 bits per heavy atom. The molecule has 0 unspecified atom stereocenters. The highest BCUT2D eigenvalue weighted by Crippen LogP contribution is 2.12. The van der Waals surface area contributed by atoms with Gasteiger partial charge in [0.1, 0.15) is 0 Å². The van der Waals surface area contributed by atoms with Crippen LogP contribution in [-0.2, 0) is 10.0 Å². The molecule has 1 aliphatic rings. The fourth-order valence-corrected chi connectivity index (χ4v) is 2.20. The molecule has 1 heterocycles. The summed E-state index contributed by atoms with van der Waals surface area (Å²) >= 11 is 0. The summed E-state index contributed by atoms with van der Waals surface area (Å²) in [4.78, 5) is 0. The van der Waals surface area contributed by atoms with E-state index in [1.165, 1.54) is 4.31 Å². The first kappa shape index (κ1) is 8.96. The number of hydrogen-bond donors (Lipinski definition) is 1. The molecule has 0 spiro atoms. The maximum Gasteiger partial charge on any atom is 0.238 e. The van der Waals surface area contributed by atoms with E-state index in [9.17, 15) is 8.42 Å². The van der Waals surface area contributed by atoms with Crippen molar-refractivity contribution in [2.24, 2.45) is 0 Å². The van der Waals surface area contributed by atoms with Crippen LogP contribution in [0.5, 0.6) is 0 Å². The molecule has 11 heavy (non-hydrogen) atoms. The largest absolute Gasteiger partial charge is 0.379 e. The Labute approximate surface area is 66.9 Å². The molecule has 0 aliphatic carbocycles. The molecule has 1 fully saturated rings. The summed E-state index contributed by atoms with van der Waals surface area (Å²) in [6.45, 7) is 1.14. The number of aliphatic hydroxyl groups is 1. The summed E-state index contributed by atoms with van der Waals surface area (Å²) in [5, 5.41) is 8.52. The molecule has 0 bridgehead atoms. The second-order valence-electron chi connectivity index (χ2n) is 2.70. The number of hydrogen-bond acceptors (Lipinski definition) is 3. The van der Waals surface area contributed by atoms with Crippen molar-refractivity contribution in [3.8, 4) is 0 Å². The van der Waals surface area contributed by atoms with Crippen molar-refractivity contribution < 1.29 is 13.5 Å². The van der Waals surface area contributed by atoms with Gasteiger partial charge in [-0.15, -0.1) is 0 Å². The van der Waals surface area contributed by atoms with Crippen molar-refractivity contribution >= 4 is 10.0 Å². The average Bonchev–Trinajstić information content (AvgIpc) is 2.06. The van der Waals surface area contributed by atoms with Gasteiger partial charge in [0.2, 0.25) is 10.0 Å². The third-order valence-corrected chi connectivity index (χ3v) is 3.35. The second-order valence-corrected chi connectivity index (χ2v) is 4.64. The van der Waals surface area contributed by atoms with Gasteiger partial charge in [0.15, 0.2) is 5.94 Å². The predicted molar refractivity (Wildman–Crippen MR) is 41.4 cm³/mol. The van der Waals surface area contributed by atoms with Crippen molar-refractivity contribution in [1.82, 2.24) is 4.31 Å². The quantitative estimate of drug-likeness (QED) is 0.636. The minimum atomic E-state index is -3.33. The van der Waals surface area contributed by atoms with Gasteiger partial charge in [-0.25, -0.2) is 8.42 Å². The molecule has 1 saturated heterocycles. The lowest BCUT2D eigenvalue weighted by Crippen LogP contribution is -2.37. The molecular weight excluding hydrogens is 166 g/mol. The van der Waals surface area contributed by atoms with Crippen LogP contribution in [0.3, 0.4) is 0 Å². The minimum absolute atomic E-state index is 0.572. The van der Waals surface area contributed by atoms with Gasteiger partial charge in [0, 0.05) is 13.1 Å². The number of aliphatic hydroxyl groups excluding tert-OH is 1. The monoisotopic (exact) mass is 179 g/mol. The average molecular weight is 179 g/mol. The lowest BCUT2D eigenvalue weighted by molar-refractivity contribution is 0.307. The smallest absolute Gasteiger partial charge is 0.238 e. The van der Waals surface area contributed by atoms with Crippen LogP contribution < -0.4 is 0 Å². The number of sulfonamides is 1. The van der Waals surface area contributed by atoms with E-state index in [2.05, 4.69) is 0 Å². The normalized spacial score (nSPS) is 21.9. The van der Waals surface area contributed by atoms with Gasteiger partial charge >= 0.3 is 0 Å². The molecule has 5 heteroatoms. The second kappa shape index (κ2) is 3.51. The molecule has 0 radical (unpaired) electrons. The van der Waals surface area contributed by atoms with Crippen molar-refractivity contribution in [2.45, 2.75) is 19.3 Å². The van der Waals surface area contributed by atoms with Crippen LogP contribution in [0, 0.1) is 0 Å². The van der Waals surface area contributed by atoms with Crippen molar-refractivity contribution in [3.63, 3.8) is 0 Å². The van der Waals surface area contributed by atoms with Crippen LogP contribution in [0.2, 0.25) is 0 Å². The number of piperidine rings is 1. The zero-order valence-corrected chi connectivity index (χ0v) is 7.18. The summed E-state index contributed by atoms with van der Waals surface area (Å²) in [6.07, 6.45) is 2.93. The van der Waals surface area contributed by atoms with E-state index in [0.29, 0.717) is 13.1 Å². The van der Waals surface area contributed by atoms with Crippen LogP contribution in [-0.4, -0.2) is 36.9 Å². The molecule has 0 aromatic rings. The Hall–Kier alpha value is -0.130. The summed E-state index contributed by atoms with van der Waals surface area (Å²) in [5.74, 6) is -0.757. The molecule has 0 aromatic heterocycles. The lowest BCUT2D eigenvalue weighted by Gasteiger charge is -2.24. The Morgan fingerprint density at radius 1 is 1.18 bits per heavy atom. The van der Waals surface area contributed by atoms with E-state index >= 15 is 0 Å². The molecule has 0 atom stereocenters. The van der Waals surface area contributed by atoms with Crippen LogP contribution in [0.4, 0.5) is 0 Å². The molecule has 1 N–H and O–H groups in total. The van der Waals surface area contributed by atoms with E-state index in [1.54, 1.807) is 0 Å². The lowest BCUT2D eigenvalue weighted by atomic mass is 10.2. The SMILES string of the molecule is O=S(=O)(CO)N1CCCCC1. The van der Waals surface area contributed by atoms with E-state index in [-0.39, 0.29) is 0 Å². The van der Waals surface area contributed by atoms with Crippen LogP contribution in [0.25, 0.3) is 0 Å². The zero-order valence-electron chi connectivity index (χ0n) is 6.36. The summed E-state index contributed by atoms with van der Waals surface area (Å²) < 4.78 is 23.4. The number of rotatable bonds is 2. The molecule has 1 rings (SSSR count). The van der Waals surface area contributed by atoms with Gasteiger partial charge in [-0.3, -0.25) is 0 Å². The molecule has 0 aromatic carbocycles. The predicted octanol–water partition coefficient (Wildman–Crippen LogP) is -0.248. The van der Waals surface area contributed by atoms with Crippen molar-refractivity contribution in [3.05, 3.63) is 0 Å². The maximum atomic E-state index is 11.0. The Balaban J connectivity index is 2.58. The first-order chi connectivity index (χ1) is 5.17. The topological polar surface area (TPSA) is 57.6 Å². The van der Waals surface area contributed by atoms with E-state index in [1.807, 2.05) is 0 Å². The van der Waals surface area contributed by atoms with Crippen molar-refractivity contribution in [1.29, 1.82) is 0 Å². The fourth-order valence-electron chi connectivity index (χ4n) is 1.22. The van der Waals surface area contributed by atoms with Crippen LogP contribution in [0.1, 0.15) is 19.3 Å². The first-order valence-corrected chi connectivity index (χ1v) is 5.36. The van der Waals surface area contributed by atoms with Crippen LogP contribution >= 0.6 is 0 Å². The summed E-state index contributed by atoms with van der Waals surface area (Å²) in [6, 6.07) is 0. The minimum Gasteiger partial charge on any atom is -0.379 e. The van der Waals surface area contributed by atoms with Gasteiger partial charge in [0.05, 0.1) is 0 Å². The van der Waals surface area contributed by atoms with Gasteiger partial charge in [0.25, 0.3) is 0 Å². The fraction of sp³-hybridized carbons (Fsp3) is 1.00. The summed E-state index contributed by atoms with van der Waals surface area (Å²) in [7, 11) is -3.33. The highest BCUT2D eigenvalue weighted by molar-refractivity contribution is 7.88. The molecule has 0 amide bonds. The molecular formula is C6H13NO3S. The maximum absolute atomic E-state index is 11.0. The van der Waals surface area contributed by atoms with Crippen molar-refractivity contribution in [2.75, 3.05) is 19.0 Å². The van der Waals surface area contributed by atoms with E-state index < -0.39 is 16.0 Å². The molecule has 1 aliphatic heterocycles. The van der Waals surface area contributed by atoms with Gasteiger partial charge in [-0.1, -0.05) is 6.42 Å². The van der Waals surface area contributed by atoms with Crippen LogP contribution in [0.15, 0.2) is 0 Å². The molecule has 0 saturated carbocycles. The van der Waals surface area contributed by atoms with Gasteiger partial charge in [-0.2, -0.15) is 4.31 Å². The zero-order chi connectivity index (χ0) is 8.32. The van der Waals surface area contributed by atoms with E-state index in [4.69, 9.17) is 5.11 Å². The highest BCUT2D eigenvalue weighted by Gasteiger charge is 2.22. The van der Waals surface area contributed by atoms with Gasteiger partial charge in [-0.05, 0) is 12.8 Å². The highest BCUT2D eigenvalue weighted by atomic mass is 32.2. The molecule has 4 nitrogen and oxygen atoms in total. The van der Waals surface area contributed by atoms with Gasteiger partial charge < -0.3 is 5.11 Å². The van der Waals surface area contributed by atoms with E-state index in [0.717, 1.165) is 19.3 Å².